The van der Waals surface area contributed by atoms with Crippen molar-refractivity contribution in [2.75, 3.05) is 5.32 Å². The van der Waals surface area contributed by atoms with Crippen LogP contribution >= 0.6 is 11.3 Å². The minimum absolute atomic E-state index is 0.0650. The number of hydrogen-bond acceptors (Lipinski definition) is 3. The molecule has 2 aromatic carbocycles. The number of nitrogens with one attached hydrogen (secondary N) is 1. The van der Waals surface area contributed by atoms with Gasteiger partial charge in [-0.3, -0.25) is 9.20 Å². The van der Waals surface area contributed by atoms with E-state index in [-0.39, 0.29) is 18.1 Å². The zero-order valence-electron chi connectivity index (χ0n) is 15.6. The molecule has 4 aromatic rings. The SMILES string of the molecule is CC(C)c1ccccc1NC(=O)Cc1csc2nc(-c3ccc(F)cc3)cn12. The monoisotopic (exact) mass is 393 g/mol. The second-order valence-corrected chi connectivity index (χ2v) is 7.82. The smallest absolute Gasteiger partial charge is 0.230 e. The summed E-state index contributed by atoms with van der Waals surface area (Å²) < 4.78 is 15.1. The second-order valence-electron chi connectivity index (χ2n) is 6.98. The number of rotatable bonds is 5. The summed E-state index contributed by atoms with van der Waals surface area (Å²) in [5, 5.41) is 4.98. The van der Waals surface area contributed by atoms with E-state index in [0.29, 0.717) is 5.92 Å². The van der Waals surface area contributed by atoms with Gasteiger partial charge >= 0.3 is 0 Å². The molecule has 1 amide bonds. The summed E-state index contributed by atoms with van der Waals surface area (Å²) in [6, 6.07) is 14.1. The van der Waals surface area contributed by atoms with E-state index in [9.17, 15) is 9.18 Å². The van der Waals surface area contributed by atoms with Crippen molar-refractivity contribution in [2.24, 2.45) is 0 Å². The van der Waals surface area contributed by atoms with Crippen molar-refractivity contribution in [1.29, 1.82) is 0 Å². The molecule has 0 aliphatic carbocycles. The Morgan fingerprint density at radius 2 is 1.93 bits per heavy atom. The van der Waals surface area contributed by atoms with Crippen LogP contribution in [0.15, 0.2) is 60.1 Å². The highest BCUT2D eigenvalue weighted by Gasteiger charge is 2.14. The summed E-state index contributed by atoms with van der Waals surface area (Å²) in [6.45, 7) is 4.21. The molecule has 0 saturated carbocycles. The predicted octanol–water partition coefficient (Wildman–Crippen LogP) is 5.51. The Morgan fingerprint density at radius 3 is 2.68 bits per heavy atom. The highest BCUT2D eigenvalue weighted by Crippen LogP contribution is 2.26. The molecule has 0 aliphatic rings. The Bertz CT molecular complexity index is 1130. The molecular formula is C22H20FN3OS. The summed E-state index contributed by atoms with van der Waals surface area (Å²) >= 11 is 1.49. The molecule has 0 unspecified atom stereocenters. The number of carbonyl (C=O) groups is 1. The minimum atomic E-state index is -0.274. The van der Waals surface area contributed by atoms with Crippen molar-refractivity contribution in [3.8, 4) is 11.3 Å². The highest BCUT2D eigenvalue weighted by molar-refractivity contribution is 7.15. The molecule has 4 rings (SSSR count). The maximum absolute atomic E-state index is 13.1. The first-order chi connectivity index (χ1) is 13.5. The third-order valence-corrected chi connectivity index (χ3v) is 5.51. The maximum atomic E-state index is 13.1. The number of halogens is 1. The Morgan fingerprint density at radius 1 is 1.18 bits per heavy atom. The Kier molecular flexibility index (Phi) is 4.96. The van der Waals surface area contributed by atoms with Crippen LogP contribution in [-0.2, 0) is 11.2 Å². The van der Waals surface area contributed by atoms with Crippen molar-refractivity contribution in [3.63, 3.8) is 0 Å². The topological polar surface area (TPSA) is 46.4 Å². The van der Waals surface area contributed by atoms with E-state index in [1.54, 1.807) is 12.1 Å². The first kappa shape index (κ1) is 18.4. The van der Waals surface area contributed by atoms with E-state index in [4.69, 9.17) is 0 Å². The number of para-hydroxylation sites is 1. The summed E-state index contributed by atoms with van der Waals surface area (Å²) in [4.78, 5) is 18.0. The largest absolute Gasteiger partial charge is 0.325 e. The van der Waals surface area contributed by atoms with E-state index in [1.807, 2.05) is 40.2 Å². The number of fused-ring (bicyclic) bond motifs is 1. The molecule has 0 atom stereocenters. The fourth-order valence-corrected chi connectivity index (χ4v) is 4.06. The molecule has 2 heterocycles. The average molecular weight is 393 g/mol. The van der Waals surface area contributed by atoms with Crippen LogP contribution in [0, 0.1) is 5.82 Å². The van der Waals surface area contributed by atoms with Crippen molar-refractivity contribution in [2.45, 2.75) is 26.2 Å². The lowest BCUT2D eigenvalue weighted by Gasteiger charge is -2.13. The number of imidazole rings is 1. The van der Waals surface area contributed by atoms with Gasteiger partial charge in [-0.15, -0.1) is 11.3 Å². The Labute approximate surface area is 166 Å². The van der Waals surface area contributed by atoms with Gasteiger partial charge in [-0.05, 0) is 41.8 Å². The average Bonchev–Trinajstić information content (AvgIpc) is 3.24. The number of thiazole rings is 1. The number of carbonyl (C=O) groups excluding carboxylic acids is 1. The van der Waals surface area contributed by atoms with Crippen LogP contribution in [0.5, 0.6) is 0 Å². The number of amides is 1. The molecule has 2 aromatic heterocycles. The number of benzene rings is 2. The van der Waals surface area contributed by atoms with Gasteiger partial charge in [0, 0.05) is 28.5 Å². The molecule has 28 heavy (non-hydrogen) atoms. The third kappa shape index (κ3) is 3.68. The van der Waals surface area contributed by atoms with Gasteiger partial charge < -0.3 is 5.32 Å². The summed E-state index contributed by atoms with van der Waals surface area (Å²) in [6.07, 6.45) is 2.15. The molecule has 0 saturated heterocycles. The number of anilines is 1. The molecule has 0 fully saturated rings. The Hall–Kier alpha value is -2.99. The van der Waals surface area contributed by atoms with E-state index < -0.39 is 0 Å². The van der Waals surface area contributed by atoms with Gasteiger partial charge in [0.15, 0.2) is 4.96 Å². The molecule has 4 nitrogen and oxygen atoms in total. The van der Waals surface area contributed by atoms with Gasteiger partial charge in [-0.1, -0.05) is 32.0 Å². The molecule has 0 spiro atoms. The molecular weight excluding hydrogens is 373 g/mol. The molecule has 0 aliphatic heterocycles. The van der Waals surface area contributed by atoms with Crippen LogP contribution in [0.1, 0.15) is 31.0 Å². The lowest BCUT2D eigenvalue weighted by atomic mass is 10.0. The van der Waals surface area contributed by atoms with Crippen molar-refractivity contribution in [1.82, 2.24) is 9.38 Å². The lowest BCUT2D eigenvalue weighted by Crippen LogP contribution is -2.16. The molecule has 0 radical (unpaired) electrons. The van der Waals surface area contributed by atoms with E-state index >= 15 is 0 Å². The van der Waals surface area contributed by atoms with Gasteiger partial charge in [-0.2, -0.15) is 0 Å². The predicted molar refractivity (Wildman–Crippen MR) is 111 cm³/mol. The summed E-state index contributed by atoms with van der Waals surface area (Å²) in [5.41, 5.74) is 4.46. The van der Waals surface area contributed by atoms with Gasteiger partial charge in [0.2, 0.25) is 5.91 Å². The molecule has 6 heteroatoms. The van der Waals surface area contributed by atoms with E-state index in [0.717, 1.165) is 33.2 Å². The van der Waals surface area contributed by atoms with Gasteiger partial charge in [-0.25, -0.2) is 9.37 Å². The Balaban J connectivity index is 1.55. The normalized spacial score (nSPS) is 11.3. The van der Waals surface area contributed by atoms with Crippen LogP contribution in [0.25, 0.3) is 16.2 Å². The van der Waals surface area contributed by atoms with Crippen LogP contribution in [-0.4, -0.2) is 15.3 Å². The quantitative estimate of drug-likeness (QED) is 0.486. The summed E-state index contributed by atoms with van der Waals surface area (Å²) in [7, 11) is 0. The maximum Gasteiger partial charge on any atom is 0.230 e. The number of hydrogen-bond donors (Lipinski definition) is 1. The zero-order chi connectivity index (χ0) is 19.7. The summed E-state index contributed by atoms with van der Waals surface area (Å²) in [5.74, 6) is -0.00934. The van der Waals surface area contributed by atoms with Gasteiger partial charge in [0.1, 0.15) is 5.82 Å². The van der Waals surface area contributed by atoms with E-state index in [1.165, 1.54) is 23.5 Å². The van der Waals surface area contributed by atoms with Crippen molar-refractivity contribution >= 4 is 27.9 Å². The van der Waals surface area contributed by atoms with Crippen LogP contribution in [0.2, 0.25) is 0 Å². The second kappa shape index (κ2) is 7.56. The minimum Gasteiger partial charge on any atom is -0.325 e. The third-order valence-electron chi connectivity index (χ3n) is 4.62. The standard InChI is InChI=1S/C22H20FN3OS/c1-14(2)18-5-3-4-6-19(18)24-21(27)11-17-13-28-22-25-20(12-26(17)22)15-7-9-16(23)10-8-15/h3-10,12-14H,11H2,1-2H3,(H,24,27). The first-order valence-corrected chi connectivity index (χ1v) is 9.99. The fraction of sp³-hybridized carbons (Fsp3) is 0.182. The van der Waals surface area contributed by atoms with Crippen LogP contribution in [0.4, 0.5) is 10.1 Å². The van der Waals surface area contributed by atoms with Gasteiger partial charge in [0.05, 0.1) is 12.1 Å². The van der Waals surface area contributed by atoms with Gasteiger partial charge in [0.25, 0.3) is 0 Å². The van der Waals surface area contributed by atoms with Crippen molar-refractivity contribution < 1.29 is 9.18 Å². The number of nitrogens with zero attached hydrogens (tertiary/aromatic N) is 2. The highest BCUT2D eigenvalue weighted by atomic mass is 32.1. The van der Waals surface area contributed by atoms with Crippen LogP contribution < -0.4 is 5.32 Å². The van der Waals surface area contributed by atoms with E-state index in [2.05, 4.69) is 24.1 Å². The molecule has 1 N–H and O–H groups in total. The van der Waals surface area contributed by atoms with Crippen molar-refractivity contribution in [3.05, 3.63) is 77.2 Å². The van der Waals surface area contributed by atoms with Crippen LogP contribution in [0.3, 0.4) is 0 Å². The molecule has 0 bridgehead atoms. The zero-order valence-corrected chi connectivity index (χ0v) is 16.5. The lowest BCUT2D eigenvalue weighted by molar-refractivity contribution is -0.115. The number of aromatic nitrogens is 2. The fourth-order valence-electron chi connectivity index (χ4n) is 3.19. The molecule has 142 valence electrons. The first-order valence-electron chi connectivity index (χ1n) is 9.11.